The molecule has 0 bridgehead atoms. The molecule has 0 spiro atoms. The Kier molecular flexibility index (Phi) is 5.33. The summed E-state index contributed by atoms with van der Waals surface area (Å²) in [6.07, 6.45) is 2.98. The molecule has 5 rings (SSSR count). The van der Waals surface area contributed by atoms with Crippen LogP contribution in [0.5, 0.6) is 0 Å². The molecule has 0 radical (unpaired) electrons. The Morgan fingerprint density at radius 3 is 2.50 bits per heavy atom. The van der Waals surface area contributed by atoms with Crippen LogP contribution in [0.15, 0.2) is 54.7 Å². The Morgan fingerprint density at radius 2 is 1.73 bits per heavy atom. The van der Waals surface area contributed by atoms with Crippen LogP contribution in [0, 0.1) is 5.21 Å². The zero-order valence-corrected chi connectivity index (χ0v) is 17.7. The van der Waals surface area contributed by atoms with Gasteiger partial charge >= 0.3 is 0 Å². The minimum absolute atomic E-state index is 0.148. The van der Waals surface area contributed by atoms with Gasteiger partial charge in [-0.1, -0.05) is 35.9 Å². The van der Waals surface area contributed by atoms with E-state index in [1.807, 2.05) is 54.7 Å². The summed E-state index contributed by atoms with van der Waals surface area (Å²) in [7, 11) is 0. The molecule has 0 aliphatic carbocycles. The molecule has 1 aromatic heterocycles. The molecule has 0 unspecified atom stereocenters. The highest BCUT2D eigenvalue weighted by Crippen LogP contribution is 2.25. The van der Waals surface area contributed by atoms with Gasteiger partial charge in [0.2, 0.25) is 0 Å². The van der Waals surface area contributed by atoms with Crippen LogP contribution in [0.2, 0.25) is 5.02 Å². The van der Waals surface area contributed by atoms with Gasteiger partial charge in [-0.3, -0.25) is 9.88 Å². The lowest BCUT2D eigenvalue weighted by atomic mass is 10.1. The highest BCUT2D eigenvalue weighted by atomic mass is 35.5. The molecular weight excluding hydrogens is 398 g/mol. The van der Waals surface area contributed by atoms with E-state index in [2.05, 4.69) is 14.8 Å². The number of quaternary nitrogens is 1. The van der Waals surface area contributed by atoms with Crippen molar-refractivity contribution in [3.05, 3.63) is 70.5 Å². The SMILES string of the molecule is [O-][N+]1(Cc2ccc(Cl)cc2)CCN([C@@H]2CCN(c3cnc4ccccc4n3)C2)CC1. The summed E-state index contributed by atoms with van der Waals surface area (Å²) in [5.74, 6) is 0.949. The summed E-state index contributed by atoms with van der Waals surface area (Å²) >= 11 is 5.96. The Balaban J connectivity index is 1.19. The summed E-state index contributed by atoms with van der Waals surface area (Å²) in [4.78, 5) is 14.2. The van der Waals surface area contributed by atoms with Gasteiger partial charge in [0.05, 0.1) is 30.3 Å². The number of anilines is 1. The molecule has 0 amide bonds. The molecule has 2 aliphatic rings. The van der Waals surface area contributed by atoms with Crippen molar-refractivity contribution in [1.82, 2.24) is 14.9 Å². The normalized spacial score (nSPS) is 21.9. The molecule has 6 nitrogen and oxygen atoms in total. The number of hydroxylamine groups is 3. The molecular formula is C23H26ClN5O. The van der Waals surface area contributed by atoms with Gasteiger partial charge in [-0.15, -0.1) is 0 Å². The predicted molar refractivity (Wildman–Crippen MR) is 120 cm³/mol. The summed E-state index contributed by atoms with van der Waals surface area (Å²) in [5, 5.41) is 13.9. The third-order valence-electron chi connectivity index (χ3n) is 6.41. The number of halogens is 1. The van der Waals surface area contributed by atoms with Crippen molar-refractivity contribution in [1.29, 1.82) is 0 Å². The Labute approximate surface area is 181 Å². The summed E-state index contributed by atoms with van der Waals surface area (Å²) in [5.41, 5.74) is 2.93. The van der Waals surface area contributed by atoms with Crippen molar-refractivity contribution in [2.75, 3.05) is 44.2 Å². The lowest BCUT2D eigenvalue weighted by Crippen LogP contribution is -2.58. The maximum absolute atomic E-state index is 13.2. The summed E-state index contributed by atoms with van der Waals surface area (Å²) in [6, 6.07) is 16.1. The van der Waals surface area contributed by atoms with E-state index in [0.29, 0.717) is 30.7 Å². The fraction of sp³-hybridized carbons (Fsp3) is 0.391. The van der Waals surface area contributed by atoms with Gasteiger partial charge in [0, 0.05) is 42.8 Å². The van der Waals surface area contributed by atoms with Crippen LogP contribution in [0.3, 0.4) is 0 Å². The predicted octanol–water partition coefficient (Wildman–Crippen LogP) is 3.69. The number of benzene rings is 2. The zero-order chi connectivity index (χ0) is 20.6. The Bertz CT molecular complexity index is 1020. The molecule has 0 N–H and O–H groups in total. The summed E-state index contributed by atoms with van der Waals surface area (Å²) < 4.78 is -0.148. The molecule has 156 valence electrons. The quantitative estimate of drug-likeness (QED) is 0.473. The topological polar surface area (TPSA) is 55.3 Å². The van der Waals surface area contributed by atoms with E-state index in [1.165, 1.54) is 0 Å². The van der Waals surface area contributed by atoms with Gasteiger partial charge < -0.3 is 14.8 Å². The molecule has 3 heterocycles. The number of piperazine rings is 1. The van der Waals surface area contributed by atoms with Gasteiger partial charge in [0.1, 0.15) is 12.4 Å². The van der Waals surface area contributed by atoms with Crippen LogP contribution in [0.1, 0.15) is 12.0 Å². The van der Waals surface area contributed by atoms with Gasteiger partial charge in [-0.05, 0) is 30.7 Å². The van der Waals surface area contributed by atoms with Crippen molar-refractivity contribution >= 4 is 28.5 Å². The van der Waals surface area contributed by atoms with E-state index in [0.717, 1.165) is 55.0 Å². The molecule has 1 atom stereocenters. The van der Waals surface area contributed by atoms with Gasteiger partial charge in [0.15, 0.2) is 0 Å². The number of hydrogen-bond donors (Lipinski definition) is 0. The number of aromatic nitrogens is 2. The van der Waals surface area contributed by atoms with Crippen LogP contribution >= 0.6 is 11.6 Å². The van der Waals surface area contributed by atoms with E-state index < -0.39 is 0 Å². The number of para-hydroxylation sites is 2. The first-order chi connectivity index (χ1) is 14.6. The number of rotatable bonds is 4. The van der Waals surface area contributed by atoms with Crippen molar-refractivity contribution in [3.8, 4) is 0 Å². The fourth-order valence-electron chi connectivity index (χ4n) is 4.64. The van der Waals surface area contributed by atoms with Gasteiger partial charge in [-0.25, -0.2) is 4.98 Å². The van der Waals surface area contributed by atoms with E-state index in [-0.39, 0.29) is 4.65 Å². The van der Waals surface area contributed by atoms with E-state index in [1.54, 1.807) is 0 Å². The first-order valence-corrected chi connectivity index (χ1v) is 11.0. The smallest absolute Gasteiger partial charge is 0.147 e. The highest BCUT2D eigenvalue weighted by molar-refractivity contribution is 6.30. The monoisotopic (exact) mass is 423 g/mol. The van der Waals surface area contributed by atoms with Crippen LogP contribution < -0.4 is 4.90 Å². The minimum atomic E-state index is -0.148. The van der Waals surface area contributed by atoms with E-state index in [4.69, 9.17) is 16.6 Å². The molecule has 0 saturated carbocycles. The highest BCUT2D eigenvalue weighted by Gasteiger charge is 2.34. The average molecular weight is 424 g/mol. The maximum Gasteiger partial charge on any atom is 0.147 e. The molecule has 2 saturated heterocycles. The second kappa shape index (κ2) is 8.12. The van der Waals surface area contributed by atoms with Crippen LogP contribution in [0.4, 0.5) is 5.82 Å². The summed E-state index contributed by atoms with van der Waals surface area (Å²) in [6.45, 7) is 5.41. The second-order valence-electron chi connectivity index (χ2n) is 8.43. The van der Waals surface area contributed by atoms with Crippen molar-refractivity contribution in [2.24, 2.45) is 0 Å². The first kappa shape index (κ1) is 19.7. The van der Waals surface area contributed by atoms with Crippen LogP contribution in [-0.4, -0.2) is 64.8 Å². The molecule has 2 aliphatic heterocycles. The van der Waals surface area contributed by atoms with Crippen LogP contribution in [0.25, 0.3) is 11.0 Å². The fourth-order valence-corrected chi connectivity index (χ4v) is 4.76. The molecule has 7 heteroatoms. The third kappa shape index (κ3) is 4.14. The molecule has 30 heavy (non-hydrogen) atoms. The Morgan fingerprint density at radius 1 is 1.00 bits per heavy atom. The van der Waals surface area contributed by atoms with Gasteiger partial charge in [-0.2, -0.15) is 0 Å². The van der Waals surface area contributed by atoms with E-state index in [9.17, 15) is 5.21 Å². The lowest BCUT2D eigenvalue weighted by molar-refractivity contribution is -0.898. The second-order valence-corrected chi connectivity index (χ2v) is 8.87. The first-order valence-electron chi connectivity index (χ1n) is 10.6. The van der Waals surface area contributed by atoms with Crippen LogP contribution in [-0.2, 0) is 6.54 Å². The van der Waals surface area contributed by atoms with Gasteiger partial charge in [0.25, 0.3) is 0 Å². The number of nitrogens with zero attached hydrogens (tertiary/aromatic N) is 5. The molecule has 2 fully saturated rings. The van der Waals surface area contributed by atoms with Crippen molar-refractivity contribution in [3.63, 3.8) is 0 Å². The maximum atomic E-state index is 13.2. The standard InChI is InChI=1S/C23H26ClN5O/c24-19-7-5-18(6-8-19)17-29(30)13-11-27(12-14-29)20-9-10-28(16-20)23-15-25-21-3-1-2-4-22(21)26-23/h1-8,15,20H,9-14,16-17H2/t20-/m1/s1. The Hall–Kier alpha value is -2.25. The minimum Gasteiger partial charge on any atom is -0.632 e. The lowest BCUT2D eigenvalue weighted by Gasteiger charge is -2.49. The largest absolute Gasteiger partial charge is 0.632 e. The van der Waals surface area contributed by atoms with Crippen molar-refractivity contribution in [2.45, 2.75) is 19.0 Å². The van der Waals surface area contributed by atoms with E-state index >= 15 is 0 Å². The molecule has 2 aromatic carbocycles. The zero-order valence-electron chi connectivity index (χ0n) is 17.0. The number of hydrogen-bond acceptors (Lipinski definition) is 5. The average Bonchev–Trinajstić information content (AvgIpc) is 3.26. The molecule has 3 aromatic rings. The third-order valence-corrected chi connectivity index (χ3v) is 6.67. The number of fused-ring (bicyclic) bond motifs is 1. The van der Waals surface area contributed by atoms with Crippen molar-refractivity contribution < 1.29 is 4.65 Å².